The fourth-order valence-corrected chi connectivity index (χ4v) is 7.52. The van der Waals surface area contributed by atoms with E-state index in [4.69, 9.17) is 23.7 Å². The second-order valence-corrected chi connectivity index (χ2v) is 11.2. The highest BCUT2D eigenvalue weighted by atomic mass is 16.7. The number of phenols is 1. The Morgan fingerprint density at radius 1 is 1.17 bits per heavy atom. The van der Waals surface area contributed by atoms with Crippen LogP contribution >= 0.6 is 0 Å². The van der Waals surface area contributed by atoms with Crippen molar-refractivity contribution in [2.45, 2.75) is 63.8 Å². The normalized spacial score (nSPS) is 25.9. The van der Waals surface area contributed by atoms with Gasteiger partial charge in [-0.2, -0.15) is 5.26 Å². The summed E-state index contributed by atoms with van der Waals surface area (Å²) in [7, 11) is 5.26. The largest absolute Gasteiger partial charge is 0.507 e. The summed E-state index contributed by atoms with van der Waals surface area (Å²) in [6.45, 7) is 5.63. The second kappa shape index (κ2) is 10.3. The number of hydrogen-bond donors (Lipinski definition) is 2. The maximum absolute atomic E-state index is 12.2. The summed E-state index contributed by atoms with van der Waals surface area (Å²) < 4.78 is 29.1. The Kier molecular flexibility index (Phi) is 6.88. The number of carbonyl (C=O) groups is 1. The van der Waals surface area contributed by atoms with Crippen LogP contribution in [0.3, 0.4) is 0 Å². The lowest BCUT2D eigenvalue weighted by molar-refractivity contribution is -0.120. The van der Waals surface area contributed by atoms with Gasteiger partial charge in [-0.3, -0.25) is 14.6 Å². The highest BCUT2D eigenvalue weighted by Gasteiger charge is 2.56. The van der Waals surface area contributed by atoms with Gasteiger partial charge in [0.05, 0.1) is 25.3 Å². The van der Waals surface area contributed by atoms with Crippen molar-refractivity contribution in [3.63, 3.8) is 0 Å². The standard InChI is InChI=1S/C30H36N4O7/c1-14-7-17-8-19-21(10-31)34-20(25(33(19)4)23(17)29(27(14)38-6)39-12-37-5)9-18-24(22(34)11-32-16(3)35)30-28(40-13-41-30)15(2)26(18)36/h7,19-22,25,36H,8-9,11-13H2,1-6H3,(H,32,35)/t19-,20?,21?,22+,25-/m1/s1. The molecular weight excluding hydrogens is 528 g/mol. The maximum Gasteiger partial charge on any atom is 0.231 e. The van der Waals surface area contributed by atoms with Crippen LogP contribution in [0.15, 0.2) is 6.07 Å². The number of amides is 1. The number of nitriles is 1. The number of carbonyl (C=O) groups excluding carboxylic acids is 1. The number of nitrogens with one attached hydrogen (secondary N) is 1. The number of fused-ring (bicyclic) bond motifs is 9. The number of rotatable bonds is 6. The molecule has 0 aromatic heterocycles. The van der Waals surface area contributed by atoms with Crippen LogP contribution in [0.1, 0.15) is 52.4 Å². The summed E-state index contributed by atoms with van der Waals surface area (Å²) >= 11 is 0. The zero-order chi connectivity index (χ0) is 29.2. The van der Waals surface area contributed by atoms with Crippen molar-refractivity contribution in [2.24, 2.45) is 0 Å². The summed E-state index contributed by atoms with van der Waals surface area (Å²) in [4.78, 5) is 16.7. The van der Waals surface area contributed by atoms with Gasteiger partial charge in [-0.15, -0.1) is 0 Å². The van der Waals surface area contributed by atoms with Crippen LogP contribution in [0.25, 0.3) is 0 Å². The van der Waals surface area contributed by atoms with E-state index in [0.29, 0.717) is 41.4 Å². The van der Waals surface area contributed by atoms with E-state index in [9.17, 15) is 15.2 Å². The number of aryl methyl sites for hydroxylation is 1. The van der Waals surface area contributed by atoms with Crippen LogP contribution in [0.4, 0.5) is 0 Å². The predicted octanol–water partition coefficient (Wildman–Crippen LogP) is 2.64. The highest BCUT2D eigenvalue weighted by Crippen LogP contribution is 2.58. The number of likely N-dealkylation sites (N-methyl/N-ethyl adjacent to an activating group) is 1. The van der Waals surface area contributed by atoms with E-state index in [0.717, 1.165) is 27.8 Å². The van der Waals surface area contributed by atoms with Gasteiger partial charge in [0.1, 0.15) is 11.8 Å². The minimum Gasteiger partial charge on any atom is -0.507 e. The van der Waals surface area contributed by atoms with Crippen molar-refractivity contribution in [3.05, 3.63) is 39.4 Å². The lowest BCUT2D eigenvalue weighted by atomic mass is 9.71. The molecule has 6 rings (SSSR count). The summed E-state index contributed by atoms with van der Waals surface area (Å²) in [6, 6.07) is 3.25. The average Bonchev–Trinajstić information content (AvgIpc) is 3.43. The Morgan fingerprint density at radius 2 is 1.93 bits per heavy atom. The molecule has 1 fully saturated rings. The first-order chi connectivity index (χ1) is 19.7. The monoisotopic (exact) mass is 564 g/mol. The number of ether oxygens (including phenoxy) is 5. The van der Waals surface area contributed by atoms with E-state index in [-0.39, 0.29) is 49.9 Å². The molecular formula is C30H36N4O7. The first-order valence-electron chi connectivity index (χ1n) is 13.8. The van der Waals surface area contributed by atoms with Crippen molar-refractivity contribution in [1.29, 1.82) is 5.26 Å². The topological polar surface area (TPSA) is 126 Å². The van der Waals surface area contributed by atoms with Gasteiger partial charge in [-0.05, 0) is 44.9 Å². The molecule has 2 bridgehead atoms. The number of methoxy groups -OCH3 is 2. The second-order valence-electron chi connectivity index (χ2n) is 11.2. The molecule has 4 heterocycles. The Hall–Kier alpha value is -3.72. The quantitative estimate of drug-likeness (QED) is 0.506. The Labute approximate surface area is 239 Å². The number of benzene rings is 2. The van der Waals surface area contributed by atoms with Crippen molar-refractivity contribution < 1.29 is 33.6 Å². The van der Waals surface area contributed by atoms with Gasteiger partial charge in [-0.25, -0.2) is 0 Å². The molecule has 218 valence electrons. The Bertz CT molecular complexity index is 1450. The van der Waals surface area contributed by atoms with Gasteiger partial charge in [-0.1, -0.05) is 6.07 Å². The third-order valence-electron chi connectivity index (χ3n) is 9.14. The lowest BCUT2D eigenvalue weighted by Gasteiger charge is -2.60. The van der Waals surface area contributed by atoms with Crippen LogP contribution < -0.4 is 24.3 Å². The SMILES string of the molecule is COCOc1c(OC)c(C)cc2c1[C@H]1C3Cc4c(O)c(C)c5c(c4[C@H](CNC(C)=O)N3C(C#N)[C@@H](C2)N1C)OCO5. The zero-order valence-electron chi connectivity index (χ0n) is 24.2. The van der Waals surface area contributed by atoms with Crippen molar-refractivity contribution in [3.8, 4) is 34.8 Å². The number of hydrogen-bond acceptors (Lipinski definition) is 10. The average molecular weight is 565 g/mol. The molecule has 11 nitrogen and oxygen atoms in total. The maximum atomic E-state index is 12.2. The van der Waals surface area contributed by atoms with E-state index in [1.807, 2.05) is 13.8 Å². The number of phenolic OH excluding ortho intramolecular Hbond substituents is 1. The molecule has 5 atom stereocenters. The van der Waals surface area contributed by atoms with Crippen molar-refractivity contribution in [1.82, 2.24) is 15.1 Å². The molecule has 0 radical (unpaired) electrons. The number of piperazine rings is 1. The molecule has 1 saturated heterocycles. The smallest absolute Gasteiger partial charge is 0.231 e. The Balaban J connectivity index is 1.60. The summed E-state index contributed by atoms with van der Waals surface area (Å²) in [5, 5.41) is 25.2. The first kappa shape index (κ1) is 27.4. The number of aromatic hydroxyl groups is 1. The molecule has 0 aliphatic carbocycles. The molecule has 4 aliphatic heterocycles. The molecule has 41 heavy (non-hydrogen) atoms. The molecule has 2 N–H and O–H groups in total. The number of nitrogens with zero attached hydrogens (tertiary/aromatic N) is 3. The summed E-state index contributed by atoms with van der Waals surface area (Å²) in [5.74, 6) is 2.34. The van der Waals surface area contributed by atoms with Crippen LogP contribution in [-0.2, 0) is 22.4 Å². The highest BCUT2D eigenvalue weighted by molar-refractivity contribution is 5.73. The van der Waals surface area contributed by atoms with Crippen molar-refractivity contribution >= 4 is 5.91 Å². The van der Waals surface area contributed by atoms with E-state index < -0.39 is 12.1 Å². The molecule has 0 spiro atoms. The van der Waals surface area contributed by atoms with Crippen LogP contribution in [0, 0.1) is 25.2 Å². The van der Waals surface area contributed by atoms with E-state index in [2.05, 4.69) is 34.3 Å². The third-order valence-corrected chi connectivity index (χ3v) is 9.14. The first-order valence-corrected chi connectivity index (χ1v) is 13.8. The summed E-state index contributed by atoms with van der Waals surface area (Å²) in [5.41, 5.74) is 5.19. The van der Waals surface area contributed by atoms with E-state index >= 15 is 0 Å². The molecule has 4 aliphatic rings. The third kappa shape index (κ3) is 4.00. The minimum atomic E-state index is -0.492. The molecule has 2 aromatic carbocycles. The van der Waals surface area contributed by atoms with Crippen LogP contribution in [0.5, 0.6) is 28.7 Å². The van der Waals surface area contributed by atoms with E-state index in [1.54, 1.807) is 14.2 Å². The van der Waals surface area contributed by atoms with Crippen LogP contribution in [0.2, 0.25) is 0 Å². The van der Waals surface area contributed by atoms with Gasteiger partial charge in [0.25, 0.3) is 0 Å². The minimum absolute atomic E-state index is 0.0464. The van der Waals surface area contributed by atoms with Gasteiger partial charge in [0.15, 0.2) is 29.8 Å². The lowest BCUT2D eigenvalue weighted by Crippen LogP contribution is -2.68. The van der Waals surface area contributed by atoms with E-state index in [1.165, 1.54) is 6.92 Å². The molecule has 2 unspecified atom stereocenters. The van der Waals surface area contributed by atoms with Crippen LogP contribution in [-0.4, -0.2) is 80.3 Å². The fourth-order valence-electron chi connectivity index (χ4n) is 7.52. The molecule has 0 saturated carbocycles. The van der Waals surface area contributed by atoms with Gasteiger partial charge in [0, 0.05) is 54.9 Å². The van der Waals surface area contributed by atoms with Crippen molar-refractivity contribution in [2.75, 3.05) is 41.4 Å². The predicted molar refractivity (Wildman–Crippen MR) is 147 cm³/mol. The van der Waals surface area contributed by atoms with Gasteiger partial charge in [0.2, 0.25) is 12.7 Å². The van der Waals surface area contributed by atoms with Gasteiger partial charge >= 0.3 is 0 Å². The molecule has 11 heteroatoms. The molecule has 2 aromatic rings. The van der Waals surface area contributed by atoms with Gasteiger partial charge < -0.3 is 34.1 Å². The zero-order valence-corrected chi connectivity index (χ0v) is 24.2. The molecule has 1 amide bonds. The fraction of sp³-hybridized carbons (Fsp3) is 0.533. The summed E-state index contributed by atoms with van der Waals surface area (Å²) in [6.07, 6.45) is 1.09. The Morgan fingerprint density at radius 3 is 2.61 bits per heavy atom.